The zero-order valence-corrected chi connectivity index (χ0v) is 17.3. The average Bonchev–Trinajstić information content (AvgIpc) is 3.53. The number of carbonyl (C=O) groups is 1. The second-order valence-electron chi connectivity index (χ2n) is 7.58. The van der Waals surface area contributed by atoms with Gasteiger partial charge in [0.25, 0.3) is 5.56 Å². The fourth-order valence-corrected chi connectivity index (χ4v) is 4.56. The molecule has 0 spiro atoms. The number of amides is 1. The summed E-state index contributed by atoms with van der Waals surface area (Å²) >= 11 is 1.33. The van der Waals surface area contributed by atoms with Crippen molar-refractivity contribution < 1.29 is 4.79 Å². The Morgan fingerprint density at radius 1 is 1.13 bits per heavy atom. The number of nitrogens with one attached hydrogen (secondary N) is 1. The number of aryl methyl sites for hydroxylation is 1. The molecular formula is C22H21N5O2S. The molecule has 2 aromatic carbocycles. The van der Waals surface area contributed by atoms with Gasteiger partial charge in [-0.3, -0.25) is 18.6 Å². The molecule has 0 aliphatic heterocycles. The first-order valence-corrected chi connectivity index (χ1v) is 10.9. The number of aromatic nitrogens is 4. The van der Waals surface area contributed by atoms with Gasteiger partial charge in [0, 0.05) is 7.05 Å². The SMILES string of the molecule is Cn1c(=O)c2ccccc2n2c(SCC(=O)NC(c3ccccc3)C3CC3)nnc12. The van der Waals surface area contributed by atoms with Crippen LogP contribution < -0.4 is 10.9 Å². The van der Waals surface area contributed by atoms with Crippen LogP contribution in [0, 0.1) is 5.92 Å². The molecule has 5 rings (SSSR count). The van der Waals surface area contributed by atoms with Crippen molar-refractivity contribution in [2.24, 2.45) is 13.0 Å². The third kappa shape index (κ3) is 3.37. The lowest BCUT2D eigenvalue weighted by molar-refractivity contribution is -0.119. The molecule has 152 valence electrons. The Hall–Kier alpha value is -3.13. The Balaban J connectivity index is 1.39. The summed E-state index contributed by atoms with van der Waals surface area (Å²) in [5.74, 6) is 1.16. The van der Waals surface area contributed by atoms with E-state index in [0.29, 0.717) is 22.2 Å². The number of thioether (sulfide) groups is 1. The molecule has 30 heavy (non-hydrogen) atoms. The van der Waals surface area contributed by atoms with Crippen LogP contribution in [-0.2, 0) is 11.8 Å². The number of hydrogen-bond donors (Lipinski definition) is 1. The zero-order valence-electron chi connectivity index (χ0n) is 16.5. The van der Waals surface area contributed by atoms with Gasteiger partial charge in [0.1, 0.15) is 0 Å². The second kappa shape index (κ2) is 7.60. The molecule has 8 heteroatoms. The predicted octanol–water partition coefficient (Wildman–Crippen LogP) is 2.94. The molecule has 2 aromatic heterocycles. The van der Waals surface area contributed by atoms with Crippen LogP contribution in [0.2, 0.25) is 0 Å². The highest BCUT2D eigenvalue weighted by molar-refractivity contribution is 7.99. The molecule has 1 N–H and O–H groups in total. The highest BCUT2D eigenvalue weighted by Gasteiger charge is 2.33. The van der Waals surface area contributed by atoms with E-state index in [1.54, 1.807) is 13.1 Å². The van der Waals surface area contributed by atoms with Crippen LogP contribution in [0.5, 0.6) is 0 Å². The molecule has 1 unspecified atom stereocenters. The number of rotatable bonds is 6. The lowest BCUT2D eigenvalue weighted by Crippen LogP contribution is -2.31. The average molecular weight is 420 g/mol. The first kappa shape index (κ1) is 18.9. The maximum absolute atomic E-state index is 12.7. The molecule has 4 aromatic rings. The normalized spacial score (nSPS) is 14.8. The summed E-state index contributed by atoms with van der Waals surface area (Å²) < 4.78 is 3.32. The van der Waals surface area contributed by atoms with E-state index >= 15 is 0 Å². The van der Waals surface area contributed by atoms with E-state index in [4.69, 9.17) is 0 Å². The largest absolute Gasteiger partial charge is 0.348 e. The van der Waals surface area contributed by atoms with Gasteiger partial charge in [0.05, 0.1) is 22.7 Å². The summed E-state index contributed by atoms with van der Waals surface area (Å²) in [5.41, 5.74) is 1.77. The molecule has 1 saturated carbocycles. The number of benzene rings is 2. The molecule has 0 saturated heterocycles. The zero-order chi connectivity index (χ0) is 20.7. The van der Waals surface area contributed by atoms with Gasteiger partial charge in [-0.15, -0.1) is 10.2 Å². The minimum absolute atomic E-state index is 0.0355. The van der Waals surface area contributed by atoms with Crippen LogP contribution in [0.4, 0.5) is 0 Å². The third-order valence-corrected chi connectivity index (χ3v) is 6.43. The summed E-state index contributed by atoms with van der Waals surface area (Å²) in [6.45, 7) is 0. The van der Waals surface area contributed by atoms with Crippen molar-refractivity contribution in [3.8, 4) is 0 Å². The molecular weight excluding hydrogens is 398 g/mol. The number of hydrogen-bond acceptors (Lipinski definition) is 5. The number of carbonyl (C=O) groups excluding carboxylic acids is 1. The smallest absolute Gasteiger partial charge is 0.262 e. The quantitative estimate of drug-likeness (QED) is 0.486. The van der Waals surface area contributed by atoms with Crippen LogP contribution in [0.15, 0.2) is 64.5 Å². The topological polar surface area (TPSA) is 81.3 Å². The van der Waals surface area contributed by atoms with Crippen molar-refractivity contribution in [3.63, 3.8) is 0 Å². The van der Waals surface area contributed by atoms with Crippen LogP contribution in [0.25, 0.3) is 16.7 Å². The Bertz CT molecular complexity index is 1290. The molecule has 1 aliphatic carbocycles. The fraction of sp³-hybridized carbons (Fsp3) is 0.273. The molecule has 1 aliphatic rings. The molecule has 1 fully saturated rings. The molecule has 1 amide bonds. The van der Waals surface area contributed by atoms with Gasteiger partial charge in [-0.1, -0.05) is 54.2 Å². The Kier molecular flexibility index (Phi) is 4.78. The number of nitrogens with zero attached hydrogens (tertiary/aromatic N) is 4. The molecule has 2 heterocycles. The van der Waals surface area contributed by atoms with Crippen LogP contribution >= 0.6 is 11.8 Å². The lowest BCUT2D eigenvalue weighted by atomic mass is 10.0. The van der Waals surface area contributed by atoms with Crippen molar-refractivity contribution in [2.75, 3.05) is 5.75 Å². The van der Waals surface area contributed by atoms with E-state index in [-0.39, 0.29) is 23.3 Å². The Morgan fingerprint density at radius 3 is 2.63 bits per heavy atom. The highest BCUT2D eigenvalue weighted by atomic mass is 32.2. The van der Waals surface area contributed by atoms with Crippen molar-refractivity contribution in [1.82, 2.24) is 24.5 Å². The molecule has 7 nitrogen and oxygen atoms in total. The summed E-state index contributed by atoms with van der Waals surface area (Å²) in [6.07, 6.45) is 2.28. The molecule has 0 radical (unpaired) electrons. The maximum atomic E-state index is 12.7. The number of para-hydroxylation sites is 1. The minimum Gasteiger partial charge on any atom is -0.348 e. The standard InChI is InChI=1S/C22H21N5O2S/c1-26-20(29)16-9-5-6-10-17(16)27-21(26)24-25-22(27)30-13-18(28)23-19(15-11-12-15)14-7-3-2-4-8-14/h2-10,15,19H,11-13H2,1H3,(H,23,28). The van der Waals surface area contributed by atoms with Crippen molar-refractivity contribution in [1.29, 1.82) is 0 Å². The van der Waals surface area contributed by atoms with Crippen molar-refractivity contribution in [3.05, 3.63) is 70.5 Å². The van der Waals surface area contributed by atoms with Gasteiger partial charge < -0.3 is 5.32 Å². The van der Waals surface area contributed by atoms with E-state index in [2.05, 4.69) is 27.6 Å². The van der Waals surface area contributed by atoms with E-state index in [9.17, 15) is 9.59 Å². The minimum atomic E-state index is -0.116. The van der Waals surface area contributed by atoms with Crippen molar-refractivity contribution >= 4 is 34.3 Å². The van der Waals surface area contributed by atoms with E-state index in [0.717, 1.165) is 23.9 Å². The summed E-state index contributed by atoms with van der Waals surface area (Å²) in [4.78, 5) is 25.3. The van der Waals surface area contributed by atoms with E-state index in [1.807, 2.05) is 40.8 Å². The van der Waals surface area contributed by atoms with Crippen LogP contribution in [-0.4, -0.2) is 30.8 Å². The maximum Gasteiger partial charge on any atom is 0.262 e. The van der Waals surface area contributed by atoms with E-state index in [1.165, 1.54) is 16.3 Å². The van der Waals surface area contributed by atoms with Gasteiger partial charge >= 0.3 is 0 Å². The monoisotopic (exact) mass is 419 g/mol. The van der Waals surface area contributed by atoms with Gasteiger partial charge in [0.2, 0.25) is 11.7 Å². The predicted molar refractivity (Wildman–Crippen MR) is 117 cm³/mol. The second-order valence-corrected chi connectivity index (χ2v) is 8.52. The highest BCUT2D eigenvalue weighted by Crippen LogP contribution is 2.41. The molecule has 0 bridgehead atoms. The molecule has 1 atom stereocenters. The van der Waals surface area contributed by atoms with Crippen molar-refractivity contribution in [2.45, 2.75) is 24.0 Å². The lowest BCUT2D eigenvalue weighted by Gasteiger charge is -2.18. The Morgan fingerprint density at radius 2 is 1.87 bits per heavy atom. The van der Waals surface area contributed by atoms with Gasteiger partial charge in [-0.2, -0.15) is 0 Å². The number of fused-ring (bicyclic) bond motifs is 3. The summed E-state index contributed by atoms with van der Waals surface area (Å²) in [6, 6.07) is 17.5. The van der Waals surface area contributed by atoms with Crippen LogP contribution in [0.3, 0.4) is 0 Å². The summed E-state index contributed by atoms with van der Waals surface area (Å²) in [5, 5.41) is 12.8. The van der Waals surface area contributed by atoms with Gasteiger partial charge in [0.15, 0.2) is 5.16 Å². The van der Waals surface area contributed by atoms with Gasteiger partial charge in [-0.05, 0) is 36.5 Å². The van der Waals surface area contributed by atoms with Crippen LogP contribution in [0.1, 0.15) is 24.4 Å². The van der Waals surface area contributed by atoms with Gasteiger partial charge in [-0.25, -0.2) is 0 Å². The first-order valence-electron chi connectivity index (χ1n) is 9.93. The third-order valence-electron chi connectivity index (χ3n) is 5.50. The fourth-order valence-electron chi connectivity index (χ4n) is 3.81. The summed E-state index contributed by atoms with van der Waals surface area (Å²) in [7, 11) is 1.68. The van der Waals surface area contributed by atoms with E-state index < -0.39 is 0 Å². The first-order chi connectivity index (χ1) is 14.6. The Labute approximate surface area is 177 Å².